The van der Waals surface area contributed by atoms with Gasteiger partial charge in [0.05, 0.1) is 6.54 Å². The molecule has 0 bridgehead atoms. The number of ketones is 1. The summed E-state index contributed by atoms with van der Waals surface area (Å²) >= 11 is 2.89. The summed E-state index contributed by atoms with van der Waals surface area (Å²) in [6.45, 7) is 1.00. The summed E-state index contributed by atoms with van der Waals surface area (Å²) in [5, 5.41) is 2.12. The van der Waals surface area contributed by atoms with Crippen molar-refractivity contribution in [3.8, 4) is 0 Å². The Morgan fingerprint density at radius 2 is 1.81 bits per heavy atom. The average Bonchev–Trinajstić information content (AvgIpc) is 2.12. The molecule has 0 heterocycles. The molecule has 0 aliphatic carbocycles. The number of rotatable bonds is 3. The van der Waals surface area contributed by atoms with E-state index < -0.39 is 23.1 Å². The van der Waals surface area contributed by atoms with Crippen molar-refractivity contribution >= 4 is 27.6 Å². The van der Waals surface area contributed by atoms with E-state index in [9.17, 15) is 18.4 Å². The molecule has 0 aromatic heterocycles. The van der Waals surface area contributed by atoms with Crippen LogP contribution in [0.2, 0.25) is 0 Å². The third-order valence-electron chi connectivity index (χ3n) is 1.73. The predicted octanol–water partition coefficient (Wildman–Crippen LogP) is 2.05. The van der Waals surface area contributed by atoms with Gasteiger partial charge in [0.25, 0.3) is 5.91 Å². The first-order valence-corrected chi connectivity index (χ1v) is 5.13. The van der Waals surface area contributed by atoms with Gasteiger partial charge < -0.3 is 5.32 Å². The molecule has 16 heavy (non-hydrogen) atoms. The van der Waals surface area contributed by atoms with E-state index in [4.69, 9.17) is 0 Å². The Kier molecular flexibility index (Phi) is 4.12. The zero-order valence-electron chi connectivity index (χ0n) is 8.31. The van der Waals surface area contributed by atoms with Crippen LogP contribution in [0, 0.1) is 11.6 Å². The number of amides is 1. The van der Waals surface area contributed by atoms with Gasteiger partial charge in [-0.15, -0.1) is 0 Å². The normalized spacial score (nSPS) is 10.0. The number of carbonyl (C=O) groups excluding carboxylic acids is 2. The number of nitrogens with one attached hydrogen (secondary N) is 1. The van der Waals surface area contributed by atoms with Gasteiger partial charge in [-0.1, -0.05) is 15.9 Å². The number of hydrogen-bond donors (Lipinski definition) is 1. The van der Waals surface area contributed by atoms with Crippen molar-refractivity contribution in [1.82, 2.24) is 5.32 Å². The first-order chi connectivity index (χ1) is 7.41. The Hall–Kier alpha value is -1.30. The van der Waals surface area contributed by atoms with E-state index in [1.807, 2.05) is 0 Å². The highest BCUT2D eigenvalue weighted by Crippen LogP contribution is 2.19. The van der Waals surface area contributed by atoms with Crippen LogP contribution in [0.25, 0.3) is 0 Å². The van der Waals surface area contributed by atoms with Crippen molar-refractivity contribution in [1.29, 1.82) is 0 Å². The lowest BCUT2D eigenvalue weighted by atomic mass is 10.2. The molecule has 0 spiro atoms. The quantitative estimate of drug-likeness (QED) is 0.926. The molecule has 1 aromatic rings. The van der Waals surface area contributed by atoms with Crippen LogP contribution in [-0.4, -0.2) is 18.2 Å². The summed E-state index contributed by atoms with van der Waals surface area (Å²) in [6.07, 6.45) is 0. The van der Waals surface area contributed by atoms with Gasteiger partial charge in [0.2, 0.25) is 0 Å². The topological polar surface area (TPSA) is 46.2 Å². The first kappa shape index (κ1) is 12.8. The van der Waals surface area contributed by atoms with Crippen LogP contribution in [0.5, 0.6) is 0 Å². The molecule has 1 aromatic carbocycles. The Morgan fingerprint density at radius 1 is 1.31 bits per heavy atom. The van der Waals surface area contributed by atoms with Gasteiger partial charge in [0.15, 0.2) is 0 Å². The van der Waals surface area contributed by atoms with E-state index in [0.29, 0.717) is 0 Å². The maximum Gasteiger partial charge on any atom is 0.257 e. The minimum absolute atomic E-state index is 0.200. The molecular weight excluding hydrogens is 284 g/mol. The molecule has 0 saturated heterocycles. The second kappa shape index (κ2) is 5.16. The van der Waals surface area contributed by atoms with Crippen molar-refractivity contribution in [3.63, 3.8) is 0 Å². The van der Waals surface area contributed by atoms with Crippen molar-refractivity contribution in [2.75, 3.05) is 6.54 Å². The minimum atomic E-state index is -0.979. The second-order valence-corrected chi connectivity index (χ2v) is 4.04. The lowest BCUT2D eigenvalue weighted by molar-refractivity contribution is -0.116. The first-order valence-electron chi connectivity index (χ1n) is 4.34. The van der Waals surface area contributed by atoms with Crippen LogP contribution in [0.15, 0.2) is 16.6 Å². The molecule has 0 radical (unpaired) electrons. The highest BCUT2D eigenvalue weighted by Gasteiger charge is 2.18. The third-order valence-corrected chi connectivity index (χ3v) is 2.19. The van der Waals surface area contributed by atoms with E-state index in [2.05, 4.69) is 21.2 Å². The summed E-state index contributed by atoms with van der Waals surface area (Å²) < 4.78 is 26.7. The van der Waals surface area contributed by atoms with Gasteiger partial charge in [0.1, 0.15) is 23.0 Å². The zero-order chi connectivity index (χ0) is 12.3. The van der Waals surface area contributed by atoms with Gasteiger partial charge in [-0.2, -0.15) is 0 Å². The standard InChI is InChI=1S/C10H8BrF2NO2/c1-5(15)4-14-10(16)9-7(12)2-6(11)3-8(9)13/h2-3H,4H2,1H3,(H,14,16). The van der Waals surface area contributed by atoms with Crippen molar-refractivity contribution in [2.24, 2.45) is 0 Å². The fourth-order valence-electron chi connectivity index (χ4n) is 1.05. The van der Waals surface area contributed by atoms with Gasteiger partial charge in [-0.05, 0) is 19.1 Å². The van der Waals surface area contributed by atoms with Crippen molar-refractivity contribution in [3.05, 3.63) is 33.8 Å². The fourth-order valence-corrected chi connectivity index (χ4v) is 1.45. The number of Topliss-reactive ketones (excluding diaryl/α,β-unsaturated/α-hetero) is 1. The van der Waals surface area contributed by atoms with E-state index in [0.717, 1.165) is 12.1 Å². The number of benzene rings is 1. The van der Waals surface area contributed by atoms with Crippen LogP contribution in [0.3, 0.4) is 0 Å². The third kappa shape index (κ3) is 3.10. The van der Waals surface area contributed by atoms with Crippen LogP contribution < -0.4 is 5.32 Å². The monoisotopic (exact) mass is 291 g/mol. The van der Waals surface area contributed by atoms with Crippen LogP contribution in [0.4, 0.5) is 8.78 Å². The fraction of sp³-hybridized carbons (Fsp3) is 0.200. The summed E-state index contributed by atoms with van der Waals surface area (Å²) in [4.78, 5) is 21.9. The minimum Gasteiger partial charge on any atom is -0.345 e. The zero-order valence-corrected chi connectivity index (χ0v) is 9.90. The molecule has 1 rings (SSSR count). The van der Waals surface area contributed by atoms with E-state index >= 15 is 0 Å². The maximum absolute atomic E-state index is 13.3. The van der Waals surface area contributed by atoms with Crippen molar-refractivity contribution < 1.29 is 18.4 Å². The van der Waals surface area contributed by atoms with Gasteiger partial charge in [-0.25, -0.2) is 8.78 Å². The molecule has 0 aliphatic heterocycles. The van der Waals surface area contributed by atoms with E-state index in [1.165, 1.54) is 6.92 Å². The Balaban J connectivity index is 2.95. The maximum atomic E-state index is 13.3. The molecule has 6 heteroatoms. The summed E-state index contributed by atoms with van der Waals surface area (Å²) in [6, 6.07) is 1.96. The summed E-state index contributed by atoms with van der Waals surface area (Å²) in [5.74, 6) is -3.20. The smallest absolute Gasteiger partial charge is 0.257 e. The number of halogens is 3. The molecule has 1 amide bonds. The Bertz CT molecular complexity index is 425. The van der Waals surface area contributed by atoms with Crippen LogP contribution >= 0.6 is 15.9 Å². The molecule has 3 nitrogen and oxygen atoms in total. The van der Waals surface area contributed by atoms with Crippen molar-refractivity contribution in [2.45, 2.75) is 6.92 Å². The predicted molar refractivity (Wildman–Crippen MR) is 57.1 cm³/mol. The summed E-state index contributed by atoms with van der Waals surface area (Å²) in [7, 11) is 0. The van der Waals surface area contributed by atoms with Crippen LogP contribution in [0.1, 0.15) is 17.3 Å². The van der Waals surface area contributed by atoms with E-state index in [-0.39, 0.29) is 16.8 Å². The molecule has 0 fully saturated rings. The number of hydrogen-bond acceptors (Lipinski definition) is 2. The largest absolute Gasteiger partial charge is 0.345 e. The molecule has 86 valence electrons. The summed E-state index contributed by atoms with van der Waals surface area (Å²) in [5.41, 5.74) is -0.690. The number of carbonyl (C=O) groups is 2. The second-order valence-electron chi connectivity index (χ2n) is 3.13. The van der Waals surface area contributed by atoms with Crippen LogP contribution in [-0.2, 0) is 4.79 Å². The Labute approximate surface area is 99.0 Å². The highest BCUT2D eigenvalue weighted by atomic mass is 79.9. The molecule has 0 saturated carbocycles. The lowest BCUT2D eigenvalue weighted by Gasteiger charge is -2.05. The van der Waals surface area contributed by atoms with Gasteiger partial charge in [-0.3, -0.25) is 9.59 Å². The lowest BCUT2D eigenvalue weighted by Crippen LogP contribution is -2.29. The highest BCUT2D eigenvalue weighted by molar-refractivity contribution is 9.10. The van der Waals surface area contributed by atoms with E-state index in [1.54, 1.807) is 0 Å². The molecule has 1 N–H and O–H groups in total. The molecule has 0 atom stereocenters. The Morgan fingerprint density at radius 3 is 2.25 bits per heavy atom. The molecule has 0 unspecified atom stereocenters. The molecular formula is C10H8BrF2NO2. The van der Waals surface area contributed by atoms with Gasteiger partial charge >= 0.3 is 0 Å². The SMILES string of the molecule is CC(=O)CNC(=O)c1c(F)cc(Br)cc1F. The van der Waals surface area contributed by atoms with Gasteiger partial charge in [0, 0.05) is 4.47 Å². The molecule has 0 aliphatic rings. The average molecular weight is 292 g/mol.